The summed E-state index contributed by atoms with van der Waals surface area (Å²) in [5.41, 5.74) is 6.32. The minimum atomic E-state index is -2.95. The van der Waals surface area contributed by atoms with Crippen molar-refractivity contribution >= 4 is 9.84 Å². The number of rotatable bonds is 3. The van der Waals surface area contributed by atoms with Gasteiger partial charge in [-0.2, -0.15) is 0 Å². The Morgan fingerprint density at radius 2 is 2.31 bits per heavy atom. The van der Waals surface area contributed by atoms with Crippen LogP contribution in [0.15, 0.2) is 10.7 Å². The number of sulfone groups is 1. The first-order chi connectivity index (χ1) is 7.63. The van der Waals surface area contributed by atoms with E-state index in [0.29, 0.717) is 30.9 Å². The molecule has 1 fully saturated rings. The minimum Gasteiger partial charge on any atom is -0.361 e. The van der Waals surface area contributed by atoms with Crippen molar-refractivity contribution in [2.24, 2.45) is 5.73 Å². The zero-order valence-corrected chi connectivity index (χ0v) is 9.87. The first-order valence-corrected chi connectivity index (χ1v) is 7.19. The van der Waals surface area contributed by atoms with Crippen LogP contribution in [0, 0.1) is 0 Å². The number of hydrogen-bond donors (Lipinski definition) is 1. The second-order valence-corrected chi connectivity index (χ2v) is 6.57. The van der Waals surface area contributed by atoms with E-state index in [1.165, 1.54) is 0 Å². The molecule has 0 bridgehead atoms. The molecule has 5 nitrogen and oxygen atoms in total. The largest absolute Gasteiger partial charge is 0.361 e. The van der Waals surface area contributed by atoms with Crippen LogP contribution >= 0.6 is 0 Å². The summed E-state index contributed by atoms with van der Waals surface area (Å²) in [5, 5.41) is 3.34. The Balaban J connectivity index is 2.15. The Labute approximate surface area is 94.9 Å². The molecule has 1 aromatic heterocycles. The van der Waals surface area contributed by atoms with Crippen molar-refractivity contribution in [1.82, 2.24) is 5.16 Å². The predicted molar refractivity (Wildman–Crippen MR) is 59.5 cm³/mol. The lowest BCUT2D eigenvalue weighted by Gasteiger charge is -2.21. The third kappa shape index (κ3) is 2.27. The van der Waals surface area contributed by atoms with Crippen molar-refractivity contribution < 1.29 is 12.9 Å². The lowest BCUT2D eigenvalue weighted by Crippen LogP contribution is -2.30. The van der Waals surface area contributed by atoms with Crippen LogP contribution in [0.5, 0.6) is 0 Å². The normalized spacial score (nSPS) is 24.4. The molecule has 1 aliphatic heterocycles. The Kier molecular flexibility index (Phi) is 3.30. The van der Waals surface area contributed by atoms with E-state index < -0.39 is 9.84 Å². The summed E-state index contributed by atoms with van der Waals surface area (Å²) in [4.78, 5) is 0. The van der Waals surface area contributed by atoms with E-state index in [9.17, 15) is 8.42 Å². The van der Waals surface area contributed by atoms with Crippen molar-refractivity contribution in [3.63, 3.8) is 0 Å². The molecule has 1 atom stereocenters. The first-order valence-electron chi connectivity index (χ1n) is 5.47. The van der Waals surface area contributed by atoms with E-state index in [2.05, 4.69) is 5.16 Å². The van der Waals surface area contributed by atoms with Crippen LogP contribution in [0.3, 0.4) is 0 Å². The van der Waals surface area contributed by atoms with Gasteiger partial charge in [-0.1, -0.05) is 11.6 Å². The zero-order valence-electron chi connectivity index (χ0n) is 9.05. The van der Waals surface area contributed by atoms with E-state index in [0.717, 1.165) is 18.4 Å². The molecule has 0 aromatic carbocycles. The predicted octanol–water partition coefficient (Wildman–Crippen LogP) is 0.643. The number of nitrogens with zero attached hydrogens (tertiary/aromatic N) is 1. The highest BCUT2D eigenvalue weighted by atomic mass is 32.2. The van der Waals surface area contributed by atoms with E-state index in [1.807, 2.05) is 0 Å². The van der Waals surface area contributed by atoms with Gasteiger partial charge in [-0.15, -0.1) is 0 Å². The third-order valence-corrected chi connectivity index (χ3v) is 5.35. The van der Waals surface area contributed by atoms with Gasteiger partial charge in [0.1, 0.15) is 5.76 Å². The van der Waals surface area contributed by atoms with Crippen LogP contribution in [0.2, 0.25) is 0 Å². The smallest absolute Gasteiger partial charge is 0.153 e. The SMILES string of the molecule is NCc1cnoc1CC1CCCCS1(=O)=O. The Morgan fingerprint density at radius 1 is 1.50 bits per heavy atom. The van der Waals surface area contributed by atoms with Crippen LogP contribution in [0.4, 0.5) is 0 Å². The molecule has 6 heteroatoms. The number of nitrogens with two attached hydrogens (primary N) is 1. The summed E-state index contributed by atoms with van der Waals surface area (Å²) in [7, 11) is -2.95. The molecule has 1 saturated heterocycles. The van der Waals surface area contributed by atoms with Crippen LogP contribution in [-0.4, -0.2) is 24.6 Å². The zero-order chi connectivity index (χ0) is 11.6. The Hall–Kier alpha value is -0.880. The molecule has 0 radical (unpaired) electrons. The summed E-state index contributed by atoms with van der Waals surface area (Å²) in [6.07, 6.45) is 4.43. The van der Waals surface area contributed by atoms with Gasteiger partial charge in [-0.05, 0) is 12.8 Å². The molecule has 0 amide bonds. The summed E-state index contributed by atoms with van der Waals surface area (Å²) in [6.45, 7) is 0.339. The molecular formula is C10H16N2O3S. The van der Waals surface area contributed by atoms with Gasteiger partial charge in [0.05, 0.1) is 17.2 Å². The van der Waals surface area contributed by atoms with Gasteiger partial charge in [0.15, 0.2) is 9.84 Å². The highest BCUT2D eigenvalue weighted by molar-refractivity contribution is 7.92. The topological polar surface area (TPSA) is 86.2 Å². The Morgan fingerprint density at radius 3 is 3.00 bits per heavy atom. The molecule has 1 aromatic rings. The second-order valence-electron chi connectivity index (χ2n) is 4.17. The Bertz CT molecular complexity index is 452. The summed E-state index contributed by atoms with van der Waals surface area (Å²) in [5.74, 6) is 0.919. The van der Waals surface area contributed by atoms with Gasteiger partial charge in [-0.25, -0.2) is 8.42 Å². The van der Waals surface area contributed by atoms with Gasteiger partial charge in [0.2, 0.25) is 0 Å². The molecule has 1 aliphatic rings. The van der Waals surface area contributed by atoms with E-state index in [4.69, 9.17) is 10.3 Å². The maximum Gasteiger partial charge on any atom is 0.153 e. The van der Waals surface area contributed by atoms with Crippen LogP contribution in [-0.2, 0) is 22.8 Å². The molecule has 16 heavy (non-hydrogen) atoms. The molecule has 2 heterocycles. The molecule has 2 N–H and O–H groups in total. The standard InChI is InChI=1S/C10H16N2O3S/c11-6-8-7-12-15-10(8)5-9-3-1-2-4-16(9,13)14/h7,9H,1-6,11H2. The highest BCUT2D eigenvalue weighted by Crippen LogP contribution is 2.24. The molecule has 0 spiro atoms. The average molecular weight is 244 g/mol. The molecule has 2 rings (SSSR count). The number of aromatic nitrogens is 1. The van der Waals surface area contributed by atoms with Crippen molar-refractivity contribution in [2.45, 2.75) is 37.5 Å². The minimum absolute atomic E-state index is 0.295. The fourth-order valence-corrected chi connectivity index (χ4v) is 3.95. The van der Waals surface area contributed by atoms with Crippen molar-refractivity contribution in [3.8, 4) is 0 Å². The third-order valence-electron chi connectivity index (χ3n) is 3.08. The molecule has 1 unspecified atom stereocenters. The molecule has 0 aliphatic carbocycles. The van der Waals surface area contributed by atoms with E-state index >= 15 is 0 Å². The lowest BCUT2D eigenvalue weighted by molar-refractivity contribution is 0.375. The summed E-state index contributed by atoms with van der Waals surface area (Å²) >= 11 is 0. The maximum absolute atomic E-state index is 11.8. The average Bonchev–Trinajstić information content (AvgIpc) is 2.68. The van der Waals surface area contributed by atoms with Crippen molar-refractivity contribution in [2.75, 3.05) is 5.75 Å². The van der Waals surface area contributed by atoms with Gasteiger partial charge >= 0.3 is 0 Å². The van der Waals surface area contributed by atoms with Crippen LogP contribution in [0.1, 0.15) is 30.6 Å². The summed E-state index contributed by atoms with van der Waals surface area (Å²) < 4.78 is 28.7. The molecular weight excluding hydrogens is 228 g/mol. The number of hydrogen-bond acceptors (Lipinski definition) is 5. The molecule has 0 saturated carbocycles. The van der Waals surface area contributed by atoms with E-state index in [1.54, 1.807) is 6.20 Å². The van der Waals surface area contributed by atoms with Gasteiger partial charge in [0, 0.05) is 18.5 Å². The second kappa shape index (κ2) is 4.55. The van der Waals surface area contributed by atoms with Crippen LogP contribution < -0.4 is 5.73 Å². The van der Waals surface area contributed by atoms with Gasteiger partial charge in [0.25, 0.3) is 0 Å². The highest BCUT2D eigenvalue weighted by Gasteiger charge is 2.30. The summed E-state index contributed by atoms with van der Waals surface area (Å²) in [6, 6.07) is 0. The van der Waals surface area contributed by atoms with Crippen LogP contribution in [0.25, 0.3) is 0 Å². The van der Waals surface area contributed by atoms with Gasteiger partial charge in [-0.3, -0.25) is 0 Å². The molecule has 90 valence electrons. The quantitative estimate of drug-likeness (QED) is 0.843. The lowest BCUT2D eigenvalue weighted by atomic mass is 10.1. The van der Waals surface area contributed by atoms with E-state index in [-0.39, 0.29) is 5.25 Å². The first kappa shape index (κ1) is 11.6. The fourth-order valence-electron chi connectivity index (χ4n) is 2.08. The van der Waals surface area contributed by atoms with Gasteiger partial charge < -0.3 is 10.3 Å². The van der Waals surface area contributed by atoms with Crippen molar-refractivity contribution in [3.05, 3.63) is 17.5 Å². The fraction of sp³-hybridized carbons (Fsp3) is 0.700. The maximum atomic E-state index is 11.8. The monoisotopic (exact) mass is 244 g/mol. The van der Waals surface area contributed by atoms with Crippen molar-refractivity contribution in [1.29, 1.82) is 0 Å².